The quantitative estimate of drug-likeness (QED) is 0.425. The number of amides is 1. The SMILES string of the molecule is C=CCOc1c(Br)cc(/C=C2/SC(=Nc3cccc(C(=O)O)c3)N(C)C2=O)cc1OC. The van der Waals surface area contributed by atoms with Crippen LogP contribution in [0.1, 0.15) is 15.9 Å². The highest BCUT2D eigenvalue weighted by Crippen LogP contribution is 2.39. The van der Waals surface area contributed by atoms with Gasteiger partial charge in [0.1, 0.15) is 6.61 Å². The number of ether oxygens (including phenoxy) is 2. The van der Waals surface area contributed by atoms with Gasteiger partial charge in [-0.05, 0) is 69.7 Å². The van der Waals surface area contributed by atoms with E-state index in [0.29, 0.717) is 38.3 Å². The summed E-state index contributed by atoms with van der Waals surface area (Å²) in [5.74, 6) is -0.176. The molecule has 1 saturated heterocycles. The van der Waals surface area contributed by atoms with Crippen LogP contribution in [-0.4, -0.2) is 47.8 Å². The molecule has 0 bridgehead atoms. The van der Waals surface area contributed by atoms with Crippen molar-refractivity contribution in [1.29, 1.82) is 0 Å². The van der Waals surface area contributed by atoms with Crippen LogP contribution in [0.2, 0.25) is 0 Å². The van der Waals surface area contributed by atoms with Gasteiger partial charge in [-0.2, -0.15) is 0 Å². The van der Waals surface area contributed by atoms with Crippen LogP contribution in [0.25, 0.3) is 6.08 Å². The van der Waals surface area contributed by atoms with Gasteiger partial charge in [0.25, 0.3) is 5.91 Å². The molecule has 0 aromatic heterocycles. The van der Waals surface area contributed by atoms with Crippen LogP contribution in [0.5, 0.6) is 11.5 Å². The van der Waals surface area contributed by atoms with Crippen LogP contribution in [0.4, 0.5) is 5.69 Å². The van der Waals surface area contributed by atoms with Crippen molar-refractivity contribution >= 4 is 56.5 Å². The number of hydrogen-bond acceptors (Lipinski definition) is 6. The highest BCUT2D eigenvalue weighted by molar-refractivity contribution is 9.10. The Morgan fingerprint density at radius 2 is 2.13 bits per heavy atom. The molecule has 1 amide bonds. The molecular formula is C22H19BrN2O5S. The number of methoxy groups -OCH3 is 1. The van der Waals surface area contributed by atoms with E-state index in [1.54, 1.807) is 44.5 Å². The predicted octanol–water partition coefficient (Wildman–Crippen LogP) is 4.95. The third-order valence-electron chi connectivity index (χ3n) is 4.22. The van der Waals surface area contributed by atoms with Gasteiger partial charge in [-0.25, -0.2) is 9.79 Å². The van der Waals surface area contributed by atoms with E-state index >= 15 is 0 Å². The van der Waals surface area contributed by atoms with E-state index in [2.05, 4.69) is 27.5 Å². The zero-order valence-corrected chi connectivity index (χ0v) is 19.2. The maximum Gasteiger partial charge on any atom is 0.335 e. The smallest absolute Gasteiger partial charge is 0.335 e. The Hall–Kier alpha value is -3.04. The monoisotopic (exact) mass is 502 g/mol. The minimum atomic E-state index is -1.04. The fourth-order valence-corrected chi connectivity index (χ4v) is 4.29. The first-order chi connectivity index (χ1) is 14.8. The zero-order valence-electron chi connectivity index (χ0n) is 16.8. The maximum absolute atomic E-state index is 12.7. The number of thioether (sulfide) groups is 1. The largest absolute Gasteiger partial charge is 0.493 e. The van der Waals surface area contributed by atoms with E-state index in [0.717, 1.165) is 5.56 Å². The first-order valence-electron chi connectivity index (χ1n) is 9.05. The Kier molecular flexibility index (Phi) is 7.19. The summed E-state index contributed by atoms with van der Waals surface area (Å²) in [6.07, 6.45) is 3.38. The fourth-order valence-electron chi connectivity index (χ4n) is 2.73. The lowest BCUT2D eigenvalue weighted by Gasteiger charge is -2.12. The number of amidine groups is 1. The lowest BCUT2D eigenvalue weighted by molar-refractivity contribution is -0.121. The van der Waals surface area contributed by atoms with Crippen molar-refractivity contribution < 1.29 is 24.2 Å². The molecule has 2 aromatic rings. The maximum atomic E-state index is 12.7. The summed E-state index contributed by atoms with van der Waals surface area (Å²) in [4.78, 5) is 30.2. The lowest BCUT2D eigenvalue weighted by atomic mass is 10.2. The Morgan fingerprint density at radius 3 is 2.81 bits per heavy atom. The van der Waals surface area contributed by atoms with Gasteiger partial charge in [-0.1, -0.05) is 18.7 Å². The van der Waals surface area contributed by atoms with Gasteiger partial charge < -0.3 is 14.6 Å². The Bertz CT molecular complexity index is 1110. The third kappa shape index (κ3) is 5.18. The molecule has 1 aliphatic heterocycles. The van der Waals surface area contributed by atoms with E-state index in [1.807, 2.05) is 6.07 Å². The minimum Gasteiger partial charge on any atom is -0.493 e. The van der Waals surface area contributed by atoms with Crippen molar-refractivity contribution in [2.45, 2.75) is 0 Å². The van der Waals surface area contributed by atoms with Crippen molar-refractivity contribution in [3.05, 3.63) is 69.6 Å². The standard InChI is InChI=1S/C22H19BrN2O5S/c1-4-8-30-19-16(23)9-13(10-17(19)29-3)11-18-20(26)25(2)22(31-18)24-15-7-5-6-14(12-15)21(27)28/h4-7,9-12H,1,8H2,2-3H3,(H,27,28)/b18-11+,24-22?. The molecule has 0 saturated carbocycles. The molecule has 1 aliphatic rings. The van der Waals surface area contributed by atoms with E-state index in [1.165, 1.54) is 28.8 Å². The molecule has 1 N–H and O–H groups in total. The summed E-state index contributed by atoms with van der Waals surface area (Å²) in [5, 5.41) is 9.60. The summed E-state index contributed by atoms with van der Waals surface area (Å²) in [6.45, 7) is 3.97. The second kappa shape index (κ2) is 9.84. The number of likely N-dealkylation sites (N-methyl/N-ethyl adjacent to an activating group) is 1. The van der Waals surface area contributed by atoms with Crippen molar-refractivity contribution in [1.82, 2.24) is 4.90 Å². The molecule has 7 nitrogen and oxygen atoms in total. The second-order valence-corrected chi connectivity index (χ2v) is 8.22. The van der Waals surface area contributed by atoms with Crippen molar-refractivity contribution in [2.75, 3.05) is 20.8 Å². The molecular weight excluding hydrogens is 484 g/mol. The average molecular weight is 503 g/mol. The third-order valence-corrected chi connectivity index (χ3v) is 5.87. The molecule has 3 rings (SSSR count). The molecule has 0 aliphatic carbocycles. The molecule has 0 unspecified atom stereocenters. The van der Waals surface area contributed by atoms with Crippen molar-refractivity contribution in [3.8, 4) is 11.5 Å². The predicted molar refractivity (Wildman–Crippen MR) is 125 cm³/mol. The number of carboxylic acid groups (broad SMARTS) is 1. The van der Waals surface area contributed by atoms with Crippen molar-refractivity contribution in [2.24, 2.45) is 4.99 Å². The van der Waals surface area contributed by atoms with Gasteiger partial charge in [0.15, 0.2) is 16.7 Å². The summed E-state index contributed by atoms with van der Waals surface area (Å²) in [5.41, 5.74) is 1.33. The zero-order chi connectivity index (χ0) is 22.5. The number of aromatic carboxylic acids is 1. The first kappa shape index (κ1) is 22.6. The summed E-state index contributed by atoms with van der Waals surface area (Å²) in [6, 6.07) is 9.84. The number of rotatable bonds is 7. The van der Waals surface area contributed by atoms with Gasteiger partial charge in [-0.15, -0.1) is 0 Å². The number of nitrogens with zero attached hydrogens (tertiary/aromatic N) is 2. The van der Waals surface area contributed by atoms with Gasteiger partial charge >= 0.3 is 5.97 Å². The molecule has 1 fully saturated rings. The molecule has 2 aromatic carbocycles. The summed E-state index contributed by atoms with van der Waals surface area (Å²) < 4.78 is 11.7. The minimum absolute atomic E-state index is 0.130. The van der Waals surface area contributed by atoms with Crippen LogP contribution >= 0.6 is 27.7 Å². The molecule has 0 radical (unpaired) electrons. The number of carbonyl (C=O) groups is 2. The number of hydrogen-bond donors (Lipinski definition) is 1. The van der Waals surface area contributed by atoms with Gasteiger partial charge in [0.2, 0.25) is 0 Å². The number of benzene rings is 2. The van der Waals surface area contributed by atoms with Crippen LogP contribution in [0, 0.1) is 0 Å². The number of aliphatic imine (C=N–C) groups is 1. The molecule has 0 spiro atoms. The molecule has 0 atom stereocenters. The first-order valence-corrected chi connectivity index (χ1v) is 10.7. The van der Waals surface area contributed by atoms with E-state index in [-0.39, 0.29) is 11.5 Å². The van der Waals surface area contributed by atoms with Crippen LogP contribution in [0.15, 0.2) is 63.4 Å². The van der Waals surface area contributed by atoms with Gasteiger partial charge in [-0.3, -0.25) is 9.69 Å². The van der Waals surface area contributed by atoms with Gasteiger partial charge in [0, 0.05) is 7.05 Å². The van der Waals surface area contributed by atoms with E-state index in [4.69, 9.17) is 14.6 Å². The van der Waals surface area contributed by atoms with Crippen LogP contribution in [0.3, 0.4) is 0 Å². The average Bonchev–Trinajstić information content (AvgIpc) is 3.00. The number of carboxylic acids is 1. The Morgan fingerprint density at radius 1 is 1.35 bits per heavy atom. The number of carbonyl (C=O) groups excluding carboxylic acids is 1. The lowest BCUT2D eigenvalue weighted by Crippen LogP contribution is -2.23. The van der Waals surface area contributed by atoms with Crippen LogP contribution < -0.4 is 9.47 Å². The molecule has 9 heteroatoms. The fraction of sp³-hybridized carbons (Fsp3) is 0.136. The normalized spacial score (nSPS) is 16.1. The van der Waals surface area contributed by atoms with Crippen molar-refractivity contribution in [3.63, 3.8) is 0 Å². The van der Waals surface area contributed by atoms with E-state index < -0.39 is 5.97 Å². The number of halogens is 1. The molecule has 1 heterocycles. The Labute approximate surface area is 192 Å². The Balaban J connectivity index is 1.91. The summed E-state index contributed by atoms with van der Waals surface area (Å²) in [7, 11) is 3.16. The van der Waals surface area contributed by atoms with E-state index in [9.17, 15) is 9.59 Å². The highest BCUT2D eigenvalue weighted by atomic mass is 79.9. The molecule has 160 valence electrons. The topological polar surface area (TPSA) is 88.4 Å². The van der Waals surface area contributed by atoms with Gasteiger partial charge in [0.05, 0.1) is 27.7 Å². The highest BCUT2D eigenvalue weighted by Gasteiger charge is 2.30. The van der Waals surface area contributed by atoms with Crippen LogP contribution in [-0.2, 0) is 4.79 Å². The summed E-state index contributed by atoms with van der Waals surface area (Å²) >= 11 is 4.69. The molecule has 31 heavy (non-hydrogen) atoms. The second-order valence-electron chi connectivity index (χ2n) is 6.36.